The molecule has 4 aromatic rings. The van der Waals surface area contributed by atoms with Gasteiger partial charge in [0.2, 0.25) is 5.76 Å². The van der Waals surface area contributed by atoms with Gasteiger partial charge >= 0.3 is 0 Å². The number of amides is 1. The summed E-state index contributed by atoms with van der Waals surface area (Å²) < 4.78 is 5.96. The Morgan fingerprint density at radius 1 is 0.929 bits per heavy atom. The first-order chi connectivity index (χ1) is 13.5. The number of carbonyl (C=O) groups excluding carboxylic acids is 1. The van der Waals surface area contributed by atoms with E-state index in [-0.39, 0.29) is 5.91 Å². The normalized spacial score (nSPS) is 11.0. The average molecular weight is 390 g/mol. The Kier molecular flexibility index (Phi) is 4.93. The molecule has 0 unspecified atom stereocenters. The van der Waals surface area contributed by atoms with Gasteiger partial charge < -0.3 is 9.73 Å². The van der Waals surface area contributed by atoms with E-state index in [0.717, 1.165) is 27.6 Å². The summed E-state index contributed by atoms with van der Waals surface area (Å²) in [6.07, 6.45) is 0. The van der Waals surface area contributed by atoms with Gasteiger partial charge in [0.25, 0.3) is 5.91 Å². The van der Waals surface area contributed by atoms with Crippen LogP contribution in [0.2, 0.25) is 5.02 Å². The fourth-order valence-corrected chi connectivity index (χ4v) is 3.37. The molecule has 0 bridgehead atoms. The third kappa shape index (κ3) is 3.67. The van der Waals surface area contributed by atoms with Gasteiger partial charge in [0, 0.05) is 22.5 Å². The molecule has 1 aromatic heterocycles. The van der Waals surface area contributed by atoms with Crippen molar-refractivity contribution in [1.29, 1.82) is 0 Å². The highest BCUT2D eigenvalue weighted by Crippen LogP contribution is 2.36. The lowest BCUT2D eigenvalue weighted by molar-refractivity contribution is 0.0926. The zero-order valence-corrected chi connectivity index (χ0v) is 16.5. The lowest BCUT2D eigenvalue weighted by Gasteiger charge is -2.07. The molecule has 0 aliphatic heterocycles. The monoisotopic (exact) mass is 389 g/mol. The van der Waals surface area contributed by atoms with E-state index in [9.17, 15) is 4.79 Å². The Labute approximate surface area is 168 Å². The first kappa shape index (κ1) is 18.3. The van der Waals surface area contributed by atoms with E-state index in [1.54, 1.807) is 0 Å². The molecule has 4 rings (SSSR count). The van der Waals surface area contributed by atoms with Gasteiger partial charge in [-0.25, -0.2) is 0 Å². The van der Waals surface area contributed by atoms with Crippen LogP contribution in [-0.2, 0) is 6.54 Å². The summed E-state index contributed by atoms with van der Waals surface area (Å²) in [5, 5.41) is 4.54. The third-order valence-electron chi connectivity index (χ3n) is 4.76. The highest BCUT2D eigenvalue weighted by molar-refractivity contribution is 6.30. The number of hydrogen-bond donors (Lipinski definition) is 1. The van der Waals surface area contributed by atoms with Crippen LogP contribution in [0.5, 0.6) is 0 Å². The number of nitrogens with one attached hydrogen (secondary N) is 1. The van der Waals surface area contributed by atoms with Crippen LogP contribution in [0, 0.1) is 13.8 Å². The van der Waals surface area contributed by atoms with Crippen molar-refractivity contribution in [3.8, 4) is 11.1 Å². The Morgan fingerprint density at radius 3 is 2.32 bits per heavy atom. The topological polar surface area (TPSA) is 42.2 Å². The smallest absolute Gasteiger partial charge is 0.287 e. The molecule has 28 heavy (non-hydrogen) atoms. The first-order valence-corrected chi connectivity index (χ1v) is 9.52. The number of halogens is 1. The summed E-state index contributed by atoms with van der Waals surface area (Å²) >= 11 is 6.04. The van der Waals surface area contributed by atoms with Gasteiger partial charge in [0.15, 0.2) is 0 Å². The Balaban J connectivity index is 1.72. The van der Waals surface area contributed by atoms with Crippen molar-refractivity contribution >= 4 is 28.5 Å². The zero-order valence-electron chi connectivity index (χ0n) is 15.8. The molecule has 1 N–H and O–H groups in total. The molecule has 3 aromatic carbocycles. The summed E-state index contributed by atoms with van der Waals surface area (Å²) in [6.45, 7) is 4.50. The molecule has 140 valence electrons. The summed E-state index contributed by atoms with van der Waals surface area (Å²) in [7, 11) is 0. The van der Waals surface area contributed by atoms with Gasteiger partial charge in [-0.05, 0) is 49.2 Å². The van der Waals surface area contributed by atoms with Gasteiger partial charge in [-0.2, -0.15) is 0 Å². The predicted molar refractivity (Wildman–Crippen MR) is 114 cm³/mol. The van der Waals surface area contributed by atoms with Crippen LogP contribution in [0.3, 0.4) is 0 Å². The van der Waals surface area contributed by atoms with E-state index in [0.29, 0.717) is 22.9 Å². The third-order valence-corrected chi connectivity index (χ3v) is 5.01. The van der Waals surface area contributed by atoms with E-state index in [4.69, 9.17) is 16.0 Å². The maximum Gasteiger partial charge on any atom is 0.287 e. The van der Waals surface area contributed by atoms with Crippen molar-refractivity contribution in [2.75, 3.05) is 0 Å². The fraction of sp³-hybridized carbons (Fsp3) is 0.125. The van der Waals surface area contributed by atoms with Crippen LogP contribution in [0.25, 0.3) is 22.1 Å². The van der Waals surface area contributed by atoms with Gasteiger partial charge in [-0.3, -0.25) is 4.79 Å². The molecule has 3 nitrogen and oxygen atoms in total. The molecule has 0 spiro atoms. The number of benzene rings is 3. The fourth-order valence-electron chi connectivity index (χ4n) is 3.24. The maximum absolute atomic E-state index is 13.0. The highest BCUT2D eigenvalue weighted by atomic mass is 35.5. The van der Waals surface area contributed by atoms with Crippen molar-refractivity contribution in [2.24, 2.45) is 0 Å². The summed E-state index contributed by atoms with van der Waals surface area (Å²) in [6, 6.07) is 21.5. The van der Waals surface area contributed by atoms with Crippen molar-refractivity contribution < 1.29 is 9.21 Å². The quantitative estimate of drug-likeness (QED) is 0.445. The summed E-state index contributed by atoms with van der Waals surface area (Å²) in [5.74, 6) is 0.0782. The van der Waals surface area contributed by atoms with E-state index in [1.807, 2.05) is 80.6 Å². The molecule has 0 atom stereocenters. The number of furan rings is 1. The van der Waals surface area contributed by atoms with Crippen LogP contribution in [0.15, 0.2) is 71.1 Å². The minimum absolute atomic E-state index is 0.237. The first-order valence-electron chi connectivity index (χ1n) is 9.14. The lowest BCUT2D eigenvalue weighted by Crippen LogP contribution is -2.22. The number of aryl methyl sites for hydroxylation is 2. The maximum atomic E-state index is 13.0. The Morgan fingerprint density at radius 2 is 1.61 bits per heavy atom. The predicted octanol–water partition coefficient (Wildman–Crippen LogP) is 6.30. The van der Waals surface area contributed by atoms with Crippen molar-refractivity contribution in [3.05, 3.63) is 94.2 Å². The van der Waals surface area contributed by atoms with Gasteiger partial charge in [0.1, 0.15) is 5.58 Å². The average Bonchev–Trinajstić information content (AvgIpc) is 3.06. The second-order valence-corrected chi connectivity index (χ2v) is 7.42. The minimum Gasteiger partial charge on any atom is -0.450 e. The molecule has 0 radical (unpaired) electrons. The van der Waals surface area contributed by atoms with Crippen LogP contribution >= 0.6 is 11.6 Å². The van der Waals surface area contributed by atoms with Crippen molar-refractivity contribution in [1.82, 2.24) is 5.32 Å². The van der Waals surface area contributed by atoms with Crippen LogP contribution in [-0.4, -0.2) is 5.91 Å². The second kappa shape index (κ2) is 7.53. The summed E-state index contributed by atoms with van der Waals surface area (Å²) in [4.78, 5) is 13.0. The second-order valence-electron chi connectivity index (χ2n) is 6.98. The zero-order chi connectivity index (χ0) is 19.7. The minimum atomic E-state index is -0.237. The van der Waals surface area contributed by atoms with Crippen molar-refractivity contribution in [2.45, 2.75) is 20.4 Å². The van der Waals surface area contributed by atoms with Crippen LogP contribution < -0.4 is 5.32 Å². The van der Waals surface area contributed by atoms with E-state index in [2.05, 4.69) is 5.32 Å². The number of carbonyl (C=O) groups is 1. The van der Waals surface area contributed by atoms with Crippen LogP contribution in [0.1, 0.15) is 27.2 Å². The van der Waals surface area contributed by atoms with Crippen LogP contribution in [0.4, 0.5) is 0 Å². The van der Waals surface area contributed by atoms with Gasteiger partial charge in [-0.15, -0.1) is 0 Å². The highest BCUT2D eigenvalue weighted by Gasteiger charge is 2.22. The van der Waals surface area contributed by atoms with E-state index in [1.165, 1.54) is 5.56 Å². The summed E-state index contributed by atoms with van der Waals surface area (Å²) in [5.41, 5.74) is 5.71. The SMILES string of the molecule is Cc1ccc(CNC(=O)c2oc3ccc(C)cc3c2-c2ccc(Cl)cc2)cc1. The molecule has 0 saturated heterocycles. The number of hydrogen-bond acceptors (Lipinski definition) is 2. The lowest BCUT2D eigenvalue weighted by atomic mass is 10.0. The molecule has 1 amide bonds. The van der Waals surface area contributed by atoms with E-state index >= 15 is 0 Å². The molecular formula is C24H20ClNO2. The largest absolute Gasteiger partial charge is 0.450 e. The number of rotatable bonds is 4. The Hall–Kier alpha value is -3.04. The molecule has 1 heterocycles. The molecule has 4 heteroatoms. The van der Waals surface area contributed by atoms with E-state index < -0.39 is 0 Å². The Bertz CT molecular complexity index is 1140. The standard InChI is InChI=1S/C24H20ClNO2/c1-15-3-6-17(7-4-15)14-26-24(27)23-22(18-8-10-19(25)11-9-18)20-13-16(2)5-12-21(20)28-23/h3-13H,14H2,1-2H3,(H,26,27). The molecule has 0 fully saturated rings. The van der Waals surface area contributed by atoms with Gasteiger partial charge in [-0.1, -0.05) is 65.2 Å². The number of fused-ring (bicyclic) bond motifs is 1. The van der Waals surface area contributed by atoms with Crippen molar-refractivity contribution in [3.63, 3.8) is 0 Å². The molecule has 0 saturated carbocycles. The van der Waals surface area contributed by atoms with Gasteiger partial charge in [0.05, 0.1) is 0 Å². The molecule has 0 aliphatic rings. The molecule has 0 aliphatic carbocycles. The molecular weight excluding hydrogens is 370 g/mol.